The molecule has 1 aliphatic heterocycles. The fraction of sp³-hybridized carbons (Fsp3) is 0.348. The number of amides is 1. The smallest absolute Gasteiger partial charge is 0.267 e. The number of nitrogens with zero attached hydrogens (tertiary/aromatic N) is 5. The van der Waals surface area contributed by atoms with E-state index in [2.05, 4.69) is 25.4 Å². The topological polar surface area (TPSA) is 101 Å². The van der Waals surface area contributed by atoms with Crippen molar-refractivity contribution >= 4 is 16.7 Å². The second-order valence-corrected chi connectivity index (χ2v) is 8.01. The summed E-state index contributed by atoms with van der Waals surface area (Å²) < 4.78 is 6.08. The lowest BCUT2D eigenvalue weighted by Crippen LogP contribution is -2.39. The van der Waals surface area contributed by atoms with Gasteiger partial charge < -0.3 is 9.32 Å². The quantitative estimate of drug-likeness (QED) is 0.541. The summed E-state index contributed by atoms with van der Waals surface area (Å²) in [5, 5.41) is 17.8. The van der Waals surface area contributed by atoms with Crippen molar-refractivity contribution < 1.29 is 9.21 Å². The van der Waals surface area contributed by atoms with Gasteiger partial charge in [-0.1, -0.05) is 24.3 Å². The molecule has 1 saturated heterocycles. The third kappa shape index (κ3) is 3.58. The number of rotatable bonds is 4. The van der Waals surface area contributed by atoms with Crippen LogP contribution in [0.5, 0.6) is 0 Å². The van der Waals surface area contributed by atoms with Crippen molar-refractivity contribution in [2.75, 3.05) is 6.54 Å². The molecule has 0 radical (unpaired) electrons. The molecule has 4 aromatic rings. The van der Waals surface area contributed by atoms with Crippen LogP contribution < -0.4 is 0 Å². The number of carbonyl (C=O) groups is 1. The van der Waals surface area contributed by atoms with E-state index in [1.165, 1.54) is 0 Å². The van der Waals surface area contributed by atoms with Crippen LogP contribution in [0.25, 0.3) is 22.4 Å². The Labute approximate surface area is 179 Å². The maximum absolute atomic E-state index is 13.2. The van der Waals surface area contributed by atoms with E-state index in [9.17, 15) is 4.79 Å². The molecular formula is C23H24N6O2. The van der Waals surface area contributed by atoms with Gasteiger partial charge in [-0.3, -0.25) is 14.9 Å². The van der Waals surface area contributed by atoms with E-state index in [4.69, 9.17) is 4.42 Å². The summed E-state index contributed by atoms with van der Waals surface area (Å²) in [6, 6.07) is 9.71. The molecule has 1 N–H and O–H groups in total. The Kier molecular flexibility index (Phi) is 4.97. The fourth-order valence-electron chi connectivity index (χ4n) is 4.33. The molecule has 5 rings (SSSR count). The van der Waals surface area contributed by atoms with Crippen molar-refractivity contribution in [3.05, 3.63) is 59.4 Å². The Morgan fingerprint density at radius 1 is 1.19 bits per heavy atom. The van der Waals surface area contributed by atoms with Crippen LogP contribution in [-0.4, -0.2) is 42.7 Å². The van der Waals surface area contributed by atoms with Crippen molar-refractivity contribution in [3.8, 4) is 11.6 Å². The van der Waals surface area contributed by atoms with Crippen LogP contribution in [0, 0.1) is 13.8 Å². The van der Waals surface area contributed by atoms with Crippen LogP contribution in [0.3, 0.4) is 0 Å². The van der Waals surface area contributed by atoms with Crippen molar-refractivity contribution in [1.82, 2.24) is 30.3 Å². The van der Waals surface area contributed by atoms with Crippen LogP contribution in [0.2, 0.25) is 0 Å². The fourth-order valence-corrected chi connectivity index (χ4v) is 4.33. The Morgan fingerprint density at radius 2 is 2.06 bits per heavy atom. The highest BCUT2D eigenvalue weighted by Gasteiger charge is 2.32. The highest BCUT2D eigenvalue weighted by Crippen LogP contribution is 2.33. The molecule has 8 nitrogen and oxygen atoms in total. The lowest BCUT2D eigenvalue weighted by Gasteiger charge is -2.33. The number of benzene rings is 1. The number of aromatic amines is 1. The van der Waals surface area contributed by atoms with E-state index in [1.807, 2.05) is 49.1 Å². The maximum atomic E-state index is 13.2. The minimum atomic E-state index is -0.218. The summed E-state index contributed by atoms with van der Waals surface area (Å²) in [5.74, 6) is 0.907. The summed E-state index contributed by atoms with van der Waals surface area (Å²) in [4.78, 5) is 19.5. The van der Waals surface area contributed by atoms with Gasteiger partial charge in [0.1, 0.15) is 11.7 Å². The number of H-pyrrole nitrogens is 1. The van der Waals surface area contributed by atoms with E-state index in [0.29, 0.717) is 30.4 Å². The molecule has 0 spiro atoms. The molecule has 4 heterocycles. The summed E-state index contributed by atoms with van der Waals surface area (Å²) >= 11 is 0. The molecule has 1 aromatic carbocycles. The van der Waals surface area contributed by atoms with Gasteiger partial charge in [0.15, 0.2) is 0 Å². The number of pyridine rings is 1. The minimum absolute atomic E-state index is 0.0559. The van der Waals surface area contributed by atoms with E-state index in [1.54, 1.807) is 6.20 Å². The molecule has 0 bridgehead atoms. The normalized spacial score (nSPS) is 16.7. The van der Waals surface area contributed by atoms with Crippen molar-refractivity contribution in [2.45, 2.75) is 45.6 Å². The van der Waals surface area contributed by atoms with Crippen LogP contribution in [0.1, 0.15) is 48.1 Å². The Morgan fingerprint density at radius 3 is 2.90 bits per heavy atom. The average molecular weight is 416 g/mol. The van der Waals surface area contributed by atoms with Gasteiger partial charge in [-0.05, 0) is 44.6 Å². The molecular weight excluding hydrogens is 392 g/mol. The van der Waals surface area contributed by atoms with Gasteiger partial charge in [-0.2, -0.15) is 5.10 Å². The highest BCUT2D eigenvalue weighted by molar-refractivity contribution is 5.92. The molecule has 1 fully saturated rings. The lowest BCUT2D eigenvalue weighted by atomic mass is 10.0. The van der Waals surface area contributed by atoms with Crippen LogP contribution in [0.4, 0.5) is 0 Å². The minimum Gasteiger partial charge on any atom is -0.417 e. The first-order valence-corrected chi connectivity index (χ1v) is 10.6. The van der Waals surface area contributed by atoms with Gasteiger partial charge in [-0.25, -0.2) is 0 Å². The summed E-state index contributed by atoms with van der Waals surface area (Å²) in [7, 11) is 0. The van der Waals surface area contributed by atoms with Gasteiger partial charge in [0.25, 0.3) is 5.89 Å². The zero-order valence-corrected chi connectivity index (χ0v) is 17.6. The number of hydrogen-bond acceptors (Lipinski definition) is 6. The Bertz CT molecular complexity index is 1220. The molecule has 1 atom stereocenters. The van der Waals surface area contributed by atoms with Gasteiger partial charge in [0.05, 0.1) is 12.1 Å². The number of carbonyl (C=O) groups excluding carboxylic acids is 1. The molecule has 1 amide bonds. The van der Waals surface area contributed by atoms with Crippen molar-refractivity contribution in [1.29, 1.82) is 0 Å². The molecule has 8 heteroatoms. The number of hydrogen-bond donors (Lipinski definition) is 1. The zero-order valence-electron chi connectivity index (χ0n) is 17.6. The second-order valence-electron chi connectivity index (χ2n) is 8.01. The molecule has 1 aliphatic rings. The number of fused-ring (bicyclic) bond motifs is 1. The number of piperidine rings is 1. The third-order valence-corrected chi connectivity index (χ3v) is 6.03. The van der Waals surface area contributed by atoms with Gasteiger partial charge in [0, 0.05) is 29.4 Å². The Hall–Kier alpha value is -3.55. The lowest BCUT2D eigenvalue weighted by molar-refractivity contribution is -0.134. The molecule has 0 saturated carbocycles. The predicted molar refractivity (Wildman–Crippen MR) is 115 cm³/mol. The highest BCUT2D eigenvalue weighted by atomic mass is 16.4. The van der Waals surface area contributed by atoms with Crippen LogP contribution in [0.15, 0.2) is 40.9 Å². The van der Waals surface area contributed by atoms with Crippen molar-refractivity contribution in [2.24, 2.45) is 0 Å². The summed E-state index contributed by atoms with van der Waals surface area (Å²) in [6.45, 7) is 4.54. The standard InChI is InChI=1S/C23H24N6O2/c1-14-18(15(2)26-25-14)13-20(30)29-12-6-5-9-19(29)22-27-28-23(31-22)21-17-8-4-3-7-16(17)10-11-24-21/h3-4,7-8,10-11,19H,5-6,9,12-13H2,1-2H3,(H,25,26)/t19-/m0/s1. The van der Waals surface area contributed by atoms with Gasteiger partial charge >= 0.3 is 0 Å². The monoisotopic (exact) mass is 416 g/mol. The van der Waals surface area contributed by atoms with E-state index in [-0.39, 0.29) is 11.9 Å². The summed E-state index contributed by atoms with van der Waals surface area (Å²) in [6.07, 6.45) is 4.85. The number of nitrogens with one attached hydrogen (secondary N) is 1. The SMILES string of the molecule is Cc1n[nH]c(C)c1CC(=O)N1CCCC[C@H]1c1nnc(-c2nccc3ccccc23)o1. The first-order chi connectivity index (χ1) is 15.1. The first kappa shape index (κ1) is 19.4. The number of aromatic nitrogens is 5. The molecule has 3 aromatic heterocycles. The van der Waals surface area contributed by atoms with E-state index < -0.39 is 0 Å². The molecule has 0 unspecified atom stereocenters. The zero-order chi connectivity index (χ0) is 21.4. The molecule has 31 heavy (non-hydrogen) atoms. The number of aryl methyl sites for hydroxylation is 2. The first-order valence-electron chi connectivity index (χ1n) is 10.6. The molecule has 158 valence electrons. The van der Waals surface area contributed by atoms with Crippen molar-refractivity contribution in [3.63, 3.8) is 0 Å². The Balaban J connectivity index is 1.43. The third-order valence-electron chi connectivity index (χ3n) is 6.03. The second kappa shape index (κ2) is 7.94. The van der Waals surface area contributed by atoms with E-state index >= 15 is 0 Å². The largest absolute Gasteiger partial charge is 0.417 e. The molecule has 0 aliphatic carbocycles. The average Bonchev–Trinajstić information content (AvgIpc) is 3.41. The van der Waals surface area contributed by atoms with E-state index in [0.717, 1.165) is 47.0 Å². The van der Waals surface area contributed by atoms with Gasteiger partial charge in [0.2, 0.25) is 11.8 Å². The predicted octanol–water partition coefficient (Wildman–Crippen LogP) is 3.92. The van der Waals surface area contributed by atoms with Gasteiger partial charge in [-0.15, -0.1) is 10.2 Å². The van der Waals surface area contributed by atoms with Crippen LogP contribution >= 0.6 is 0 Å². The van der Waals surface area contributed by atoms with Crippen LogP contribution in [-0.2, 0) is 11.2 Å². The number of likely N-dealkylation sites (tertiary alicyclic amines) is 1. The maximum Gasteiger partial charge on any atom is 0.267 e. The summed E-state index contributed by atoms with van der Waals surface area (Å²) in [5.41, 5.74) is 3.42.